The standard InChI is InChI=1S/C40H54/c1-32(2)18-13-21-35(5)24-15-26-36(6)25-14-22-33(3)19-11-12-20-34(4)23-16-27-37(7)29-30-39-38(8)28-17-31-40(39,9)10/h11-16,18-27,29-30H,17,28,31H2,1-10H3. The first-order chi connectivity index (χ1) is 18.9. The monoisotopic (exact) mass is 534 g/mol. The van der Waals surface area contributed by atoms with Crippen molar-refractivity contribution in [3.05, 3.63) is 154 Å². The summed E-state index contributed by atoms with van der Waals surface area (Å²) < 4.78 is 0. The number of hydrogen-bond acceptors (Lipinski definition) is 0. The van der Waals surface area contributed by atoms with Gasteiger partial charge in [-0.1, -0.05) is 162 Å². The second-order valence-corrected chi connectivity index (χ2v) is 11.9. The van der Waals surface area contributed by atoms with Crippen LogP contribution in [-0.2, 0) is 0 Å². The Hall–Kier alpha value is -3.38. The van der Waals surface area contributed by atoms with Crippen molar-refractivity contribution in [3.63, 3.8) is 0 Å². The molecule has 0 spiro atoms. The maximum absolute atomic E-state index is 2.37. The lowest BCUT2D eigenvalue weighted by Gasteiger charge is -2.32. The molecule has 214 valence electrons. The first kappa shape index (κ1) is 34.6. The highest BCUT2D eigenvalue weighted by Gasteiger charge is 2.26. The van der Waals surface area contributed by atoms with Crippen LogP contribution < -0.4 is 0 Å². The van der Waals surface area contributed by atoms with Crippen molar-refractivity contribution in [2.75, 3.05) is 0 Å². The summed E-state index contributed by atoms with van der Waals surface area (Å²) in [6.45, 7) is 21.9. The van der Waals surface area contributed by atoms with E-state index in [9.17, 15) is 0 Å². The van der Waals surface area contributed by atoms with Gasteiger partial charge in [-0.2, -0.15) is 0 Å². The summed E-state index contributed by atoms with van der Waals surface area (Å²) in [7, 11) is 0. The van der Waals surface area contributed by atoms with E-state index in [2.05, 4.69) is 179 Å². The minimum absolute atomic E-state index is 0.288. The van der Waals surface area contributed by atoms with Gasteiger partial charge >= 0.3 is 0 Å². The summed E-state index contributed by atoms with van der Waals surface area (Å²) in [4.78, 5) is 0. The highest BCUT2D eigenvalue weighted by molar-refractivity contribution is 5.37. The van der Waals surface area contributed by atoms with E-state index in [1.807, 2.05) is 0 Å². The Morgan fingerprint density at radius 3 is 1.30 bits per heavy atom. The molecular weight excluding hydrogens is 480 g/mol. The van der Waals surface area contributed by atoms with Crippen molar-refractivity contribution >= 4 is 0 Å². The summed E-state index contributed by atoms with van der Waals surface area (Å²) >= 11 is 0. The van der Waals surface area contributed by atoms with Crippen LogP contribution in [0.4, 0.5) is 0 Å². The van der Waals surface area contributed by atoms with Gasteiger partial charge in [0.15, 0.2) is 0 Å². The van der Waals surface area contributed by atoms with Crippen molar-refractivity contribution in [1.29, 1.82) is 0 Å². The maximum atomic E-state index is 2.37. The molecule has 0 nitrogen and oxygen atoms in total. The van der Waals surface area contributed by atoms with Gasteiger partial charge in [-0.3, -0.25) is 0 Å². The first-order valence-corrected chi connectivity index (χ1v) is 14.7. The Balaban J connectivity index is 2.61. The summed E-state index contributed by atoms with van der Waals surface area (Å²) in [5.74, 6) is 0. The van der Waals surface area contributed by atoms with Gasteiger partial charge in [0.2, 0.25) is 0 Å². The maximum Gasteiger partial charge on any atom is -0.0104 e. The largest absolute Gasteiger partial charge is 0.0764 e. The van der Waals surface area contributed by atoms with Crippen LogP contribution in [0, 0.1) is 5.41 Å². The second kappa shape index (κ2) is 18.8. The lowest BCUT2D eigenvalue weighted by atomic mass is 9.72. The van der Waals surface area contributed by atoms with Crippen LogP contribution in [-0.4, -0.2) is 0 Å². The summed E-state index contributed by atoms with van der Waals surface area (Å²) in [6.07, 6.45) is 42.4. The molecule has 0 fully saturated rings. The normalized spacial score (nSPS) is 18.7. The zero-order valence-corrected chi connectivity index (χ0v) is 27.0. The minimum atomic E-state index is 0.288. The van der Waals surface area contributed by atoms with Crippen LogP contribution in [0.3, 0.4) is 0 Å². The molecule has 0 radical (unpaired) electrons. The third-order valence-corrected chi connectivity index (χ3v) is 6.83. The summed E-state index contributed by atoms with van der Waals surface area (Å²) in [6, 6.07) is 0. The Kier molecular flexibility index (Phi) is 16.3. The molecule has 1 rings (SSSR count). The SMILES string of the molecule is CC(C)=CC=CC(C)=CC=CC(C)=CC=CC(C)=CC=CC=C(C)C=CC=C(C)C=CC1=C(C)CCCC1(C)C. The molecule has 0 atom stereocenters. The first-order valence-electron chi connectivity index (χ1n) is 14.7. The molecule has 40 heavy (non-hydrogen) atoms. The van der Waals surface area contributed by atoms with Gasteiger partial charge in [-0.25, -0.2) is 0 Å². The predicted molar refractivity (Wildman–Crippen MR) is 183 cm³/mol. The van der Waals surface area contributed by atoms with Crippen molar-refractivity contribution in [2.24, 2.45) is 5.41 Å². The van der Waals surface area contributed by atoms with Crippen LogP contribution in [0.1, 0.15) is 88.5 Å². The van der Waals surface area contributed by atoms with Crippen molar-refractivity contribution in [2.45, 2.75) is 88.5 Å². The van der Waals surface area contributed by atoms with Crippen LogP contribution in [0.15, 0.2) is 154 Å². The zero-order valence-electron chi connectivity index (χ0n) is 27.0. The van der Waals surface area contributed by atoms with E-state index in [1.54, 1.807) is 5.57 Å². The van der Waals surface area contributed by atoms with E-state index in [-0.39, 0.29) is 5.41 Å². The second-order valence-electron chi connectivity index (χ2n) is 11.9. The van der Waals surface area contributed by atoms with Gasteiger partial charge < -0.3 is 0 Å². The topological polar surface area (TPSA) is 0 Å². The van der Waals surface area contributed by atoms with Gasteiger partial charge in [0.1, 0.15) is 0 Å². The van der Waals surface area contributed by atoms with Gasteiger partial charge in [-0.05, 0) is 85.6 Å². The number of rotatable bonds is 12. The Morgan fingerprint density at radius 2 is 0.900 bits per heavy atom. The third kappa shape index (κ3) is 15.9. The van der Waals surface area contributed by atoms with E-state index in [4.69, 9.17) is 0 Å². The molecule has 0 bridgehead atoms. The molecule has 0 aromatic rings. The number of hydrogen-bond donors (Lipinski definition) is 0. The highest BCUT2D eigenvalue weighted by Crippen LogP contribution is 2.40. The average Bonchev–Trinajstić information content (AvgIpc) is 2.85. The number of allylic oxidation sites excluding steroid dienone is 26. The predicted octanol–water partition coefficient (Wildman–Crippen LogP) is 12.5. The molecule has 0 aliphatic heterocycles. The van der Waals surface area contributed by atoms with Crippen molar-refractivity contribution in [3.8, 4) is 0 Å². The van der Waals surface area contributed by atoms with E-state index in [0.29, 0.717) is 0 Å². The van der Waals surface area contributed by atoms with Gasteiger partial charge in [-0.15, -0.1) is 0 Å². The Labute approximate surface area is 247 Å². The third-order valence-electron chi connectivity index (χ3n) is 6.83. The van der Waals surface area contributed by atoms with E-state index in [0.717, 1.165) is 0 Å². The van der Waals surface area contributed by atoms with Gasteiger partial charge in [0.05, 0.1) is 0 Å². The lowest BCUT2D eigenvalue weighted by Crippen LogP contribution is -2.19. The molecule has 0 heterocycles. The van der Waals surface area contributed by atoms with Crippen LogP contribution >= 0.6 is 0 Å². The molecule has 0 saturated heterocycles. The molecule has 0 unspecified atom stereocenters. The molecule has 0 aromatic carbocycles. The molecule has 1 aliphatic rings. The fourth-order valence-electron chi connectivity index (χ4n) is 4.36. The summed E-state index contributed by atoms with van der Waals surface area (Å²) in [5.41, 5.74) is 10.8. The quantitative estimate of drug-likeness (QED) is 0.218. The van der Waals surface area contributed by atoms with Crippen molar-refractivity contribution < 1.29 is 0 Å². The van der Waals surface area contributed by atoms with Crippen LogP contribution in [0.2, 0.25) is 0 Å². The van der Waals surface area contributed by atoms with Crippen molar-refractivity contribution in [1.82, 2.24) is 0 Å². The molecule has 0 saturated carbocycles. The van der Waals surface area contributed by atoms with Crippen LogP contribution in [0.25, 0.3) is 0 Å². The van der Waals surface area contributed by atoms with Crippen LogP contribution in [0.5, 0.6) is 0 Å². The molecule has 0 amide bonds. The molecule has 0 N–H and O–H groups in total. The fourth-order valence-corrected chi connectivity index (χ4v) is 4.36. The lowest BCUT2D eigenvalue weighted by molar-refractivity contribution is 0.377. The van der Waals surface area contributed by atoms with E-state index >= 15 is 0 Å². The molecular formula is C40H54. The average molecular weight is 535 g/mol. The van der Waals surface area contributed by atoms with Gasteiger partial charge in [0.25, 0.3) is 0 Å². The Morgan fingerprint density at radius 1 is 0.525 bits per heavy atom. The zero-order chi connectivity index (χ0) is 30.0. The van der Waals surface area contributed by atoms with E-state index in [1.165, 1.54) is 58.3 Å². The highest BCUT2D eigenvalue weighted by atomic mass is 14.3. The molecule has 0 heteroatoms. The summed E-state index contributed by atoms with van der Waals surface area (Å²) in [5, 5.41) is 0. The smallest absolute Gasteiger partial charge is 0.0104 e. The van der Waals surface area contributed by atoms with E-state index < -0.39 is 0 Å². The minimum Gasteiger partial charge on any atom is -0.0764 e. The van der Waals surface area contributed by atoms with Gasteiger partial charge in [0, 0.05) is 0 Å². The fraction of sp³-hybridized carbons (Fsp3) is 0.350. The Bertz CT molecular complexity index is 1220. The molecule has 1 aliphatic carbocycles. The molecule has 0 aromatic heterocycles.